The first-order chi connectivity index (χ1) is 8.65. The molecule has 1 amide bonds. The zero-order chi connectivity index (χ0) is 13.1. The van der Waals surface area contributed by atoms with Crippen LogP contribution < -0.4 is 10.1 Å². The minimum Gasteiger partial charge on any atom is -0.497 e. The minimum absolute atomic E-state index is 0.0410. The molecule has 1 atom stereocenters. The number of nitrogens with one attached hydrogen (secondary N) is 2. The average Bonchev–Trinajstić information content (AvgIpc) is 2.81. The molecule has 0 radical (unpaired) electrons. The molecule has 0 saturated carbocycles. The van der Waals surface area contributed by atoms with Crippen molar-refractivity contribution in [3.05, 3.63) is 30.0 Å². The molecule has 4 heteroatoms. The minimum atomic E-state index is -0.0410. The number of hydrogen-bond donors (Lipinski definition) is 2. The number of hydrogen-bond acceptors (Lipinski definition) is 2. The summed E-state index contributed by atoms with van der Waals surface area (Å²) in [7, 11) is 1.63. The van der Waals surface area contributed by atoms with Crippen molar-refractivity contribution in [1.29, 1.82) is 0 Å². The third kappa shape index (κ3) is 2.32. The van der Waals surface area contributed by atoms with Gasteiger partial charge in [-0.2, -0.15) is 0 Å². The molecule has 1 aromatic carbocycles. The summed E-state index contributed by atoms with van der Waals surface area (Å²) in [6, 6.07) is 5.82. The number of aromatic nitrogens is 1. The van der Waals surface area contributed by atoms with E-state index in [-0.39, 0.29) is 11.9 Å². The standard InChI is InChI=1S/C14H18N2O2/c1-4-9(2)16-14(17)12-8-15-13-7-10(18-3)5-6-11(12)13/h5-9,15H,4H2,1-3H3,(H,16,17). The van der Waals surface area contributed by atoms with E-state index in [1.54, 1.807) is 13.3 Å². The molecule has 4 nitrogen and oxygen atoms in total. The van der Waals surface area contributed by atoms with Crippen LogP contribution in [-0.2, 0) is 0 Å². The highest BCUT2D eigenvalue weighted by Gasteiger charge is 2.13. The molecule has 1 aromatic heterocycles. The van der Waals surface area contributed by atoms with Crippen LogP contribution in [0.5, 0.6) is 5.75 Å². The SMILES string of the molecule is CCC(C)NC(=O)c1c[nH]c2cc(OC)ccc12. The van der Waals surface area contributed by atoms with E-state index in [1.165, 1.54) is 0 Å². The second kappa shape index (κ2) is 5.12. The Balaban J connectivity index is 2.31. The van der Waals surface area contributed by atoms with Crippen molar-refractivity contribution >= 4 is 16.8 Å². The predicted octanol–water partition coefficient (Wildman–Crippen LogP) is 2.70. The highest BCUT2D eigenvalue weighted by Crippen LogP contribution is 2.23. The third-order valence-corrected chi connectivity index (χ3v) is 3.12. The molecule has 1 heterocycles. The fourth-order valence-corrected chi connectivity index (χ4v) is 1.82. The van der Waals surface area contributed by atoms with Gasteiger partial charge in [-0.3, -0.25) is 4.79 Å². The quantitative estimate of drug-likeness (QED) is 0.871. The molecule has 0 saturated heterocycles. The zero-order valence-corrected chi connectivity index (χ0v) is 10.9. The van der Waals surface area contributed by atoms with E-state index in [2.05, 4.69) is 10.3 Å². The van der Waals surface area contributed by atoms with Crippen molar-refractivity contribution in [2.75, 3.05) is 7.11 Å². The van der Waals surface area contributed by atoms with Crippen LogP contribution >= 0.6 is 0 Å². The normalized spacial score (nSPS) is 12.4. The molecule has 0 aliphatic carbocycles. The molecule has 2 aromatic rings. The Morgan fingerprint density at radius 2 is 2.28 bits per heavy atom. The fourth-order valence-electron chi connectivity index (χ4n) is 1.82. The molecule has 0 spiro atoms. The Kier molecular flexibility index (Phi) is 3.55. The number of fused-ring (bicyclic) bond motifs is 1. The molecule has 2 rings (SSSR count). The van der Waals surface area contributed by atoms with Gasteiger partial charge in [-0.05, 0) is 25.5 Å². The van der Waals surface area contributed by atoms with E-state index < -0.39 is 0 Å². The van der Waals surface area contributed by atoms with Gasteiger partial charge in [-0.15, -0.1) is 0 Å². The lowest BCUT2D eigenvalue weighted by Crippen LogP contribution is -2.31. The van der Waals surface area contributed by atoms with Gasteiger partial charge in [0.15, 0.2) is 0 Å². The summed E-state index contributed by atoms with van der Waals surface area (Å²) >= 11 is 0. The van der Waals surface area contributed by atoms with Crippen LogP contribution in [0, 0.1) is 0 Å². The largest absolute Gasteiger partial charge is 0.497 e. The maximum atomic E-state index is 12.1. The fraction of sp³-hybridized carbons (Fsp3) is 0.357. The lowest BCUT2D eigenvalue weighted by molar-refractivity contribution is 0.0941. The molecular formula is C14H18N2O2. The van der Waals surface area contributed by atoms with E-state index in [9.17, 15) is 4.79 Å². The van der Waals surface area contributed by atoms with Crippen molar-refractivity contribution in [2.45, 2.75) is 26.3 Å². The van der Waals surface area contributed by atoms with Gasteiger partial charge >= 0.3 is 0 Å². The van der Waals surface area contributed by atoms with Crippen LogP contribution in [0.2, 0.25) is 0 Å². The number of rotatable bonds is 4. The van der Waals surface area contributed by atoms with Crippen molar-refractivity contribution in [1.82, 2.24) is 10.3 Å². The summed E-state index contributed by atoms with van der Waals surface area (Å²) in [5.74, 6) is 0.735. The molecule has 0 bridgehead atoms. The van der Waals surface area contributed by atoms with E-state index in [0.717, 1.165) is 23.1 Å². The van der Waals surface area contributed by atoms with E-state index in [0.29, 0.717) is 5.56 Å². The van der Waals surface area contributed by atoms with Gasteiger partial charge < -0.3 is 15.0 Å². The van der Waals surface area contributed by atoms with Crippen LogP contribution in [0.15, 0.2) is 24.4 Å². The van der Waals surface area contributed by atoms with Gasteiger partial charge in [-0.25, -0.2) is 0 Å². The predicted molar refractivity (Wildman–Crippen MR) is 72.1 cm³/mol. The van der Waals surface area contributed by atoms with Crippen LogP contribution in [-0.4, -0.2) is 24.0 Å². The Bertz CT molecular complexity index is 560. The molecule has 96 valence electrons. The lowest BCUT2D eigenvalue weighted by Gasteiger charge is -2.10. The Morgan fingerprint density at radius 1 is 1.50 bits per heavy atom. The molecule has 1 unspecified atom stereocenters. The number of amides is 1. The third-order valence-electron chi connectivity index (χ3n) is 3.12. The van der Waals surface area contributed by atoms with Gasteiger partial charge in [-0.1, -0.05) is 6.92 Å². The first-order valence-corrected chi connectivity index (χ1v) is 6.11. The monoisotopic (exact) mass is 246 g/mol. The second-order valence-electron chi connectivity index (χ2n) is 4.40. The van der Waals surface area contributed by atoms with Crippen LogP contribution in [0.4, 0.5) is 0 Å². The first-order valence-electron chi connectivity index (χ1n) is 6.11. The van der Waals surface area contributed by atoms with Gasteiger partial charge in [0.1, 0.15) is 5.75 Å². The van der Waals surface area contributed by atoms with Gasteiger partial charge in [0.05, 0.1) is 12.7 Å². The average molecular weight is 246 g/mol. The summed E-state index contributed by atoms with van der Waals surface area (Å²) in [5.41, 5.74) is 1.58. The maximum absolute atomic E-state index is 12.1. The van der Waals surface area contributed by atoms with Crippen LogP contribution in [0.3, 0.4) is 0 Å². The molecule has 2 N–H and O–H groups in total. The first kappa shape index (κ1) is 12.5. The zero-order valence-electron chi connectivity index (χ0n) is 10.9. The highest BCUT2D eigenvalue weighted by molar-refractivity contribution is 6.07. The van der Waals surface area contributed by atoms with E-state index in [1.807, 2.05) is 32.0 Å². The summed E-state index contributed by atoms with van der Waals surface area (Å²) < 4.78 is 5.15. The Hall–Kier alpha value is -1.97. The second-order valence-corrected chi connectivity index (χ2v) is 4.40. The smallest absolute Gasteiger partial charge is 0.253 e. The molecule has 18 heavy (non-hydrogen) atoms. The van der Waals surface area contributed by atoms with Gasteiger partial charge in [0.2, 0.25) is 0 Å². The number of benzene rings is 1. The number of carbonyl (C=O) groups is 1. The summed E-state index contributed by atoms with van der Waals surface area (Å²) in [5, 5.41) is 3.88. The molecular weight excluding hydrogens is 228 g/mol. The molecule has 0 fully saturated rings. The maximum Gasteiger partial charge on any atom is 0.253 e. The Labute approximate surface area is 106 Å². The van der Waals surface area contributed by atoms with Crippen molar-refractivity contribution in [2.24, 2.45) is 0 Å². The topological polar surface area (TPSA) is 54.1 Å². The van der Waals surface area contributed by atoms with Crippen molar-refractivity contribution < 1.29 is 9.53 Å². The lowest BCUT2D eigenvalue weighted by atomic mass is 10.1. The summed E-state index contributed by atoms with van der Waals surface area (Å²) in [4.78, 5) is 15.2. The molecule has 0 aliphatic rings. The van der Waals surface area contributed by atoms with Gasteiger partial charge in [0.25, 0.3) is 5.91 Å². The Morgan fingerprint density at radius 3 is 2.94 bits per heavy atom. The van der Waals surface area contributed by atoms with Crippen molar-refractivity contribution in [3.8, 4) is 5.75 Å². The summed E-state index contributed by atoms with van der Waals surface area (Å²) in [6.45, 7) is 4.04. The summed E-state index contributed by atoms with van der Waals surface area (Å²) in [6.07, 6.45) is 2.66. The highest BCUT2D eigenvalue weighted by atomic mass is 16.5. The van der Waals surface area contributed by atoms with Gasteiger partial charge in [0, 0.05) is 29.2 Å². The number of aromatic amines is 1. The van der Waals surface area contributed by atoms with E-state index >= 15 is 0 Å². The molecule has 0 aliphatic heterocycles. The van der Waals surface area contributed by atoms with E-state index in [4.69, 9.17) is 4.74 Å². The number of ether oxygens (including phenoxy) is 1. The van der Waals surface area contributed by atoms with Crippen LogP contribution in [0.25, 0.3) is 10.9 Å². The van der Waals surface area contributed by atoms with Crippen molar-refractivity contribution in [3.63, 3.8) is 0 Å². The number of carbonyl (C=O) groups excluding carboxylic acids is 1. The number of methoxy groups -OCH3 is 1. The number of H-pyrrole nitrogens is 1. The van der Waals surface area contributed by atoms with Crippen LogP contribution in [0.1, 0.15) is 30.6 Å².